The predicted octanol–water partition coefficient (Wildman–Crippen LogP) is 2.84. The number of aromatic nitrogens is 3. The van der Waals surface area contributed by atoms with Crippen LogP contribution in [0.3, 0.4) is 0 Å². The number of hydrogen-bond donors (Lipinski definition) is 1. The third kappa shape index (κ3) is 2.97. The van der Waals surface area contributed by atoms with Crippen molar-refractivity contribution in [2.75, 3.05) is 6.54 Å². The second kappa shape index (κ2) is 6.66. The predicted molar refractivity (Wildman–Crippen MR) is 74.8 cm³/mol. The molecule has 1 unspecified atom stereocenters. The monoisotopic (exact) mass is 264 g/mol. The Bertz CT molecular complexity index is 449. The first-order valence-electron chi connectivity index (χ1n) is 6.49. The van der Waals surface area contributed by atoms with Gasteiger partial charge in [-0.2, -0.15) is 0 Å². The van der Waals surface area contributed by atoms with E-state index < -0.39 is 0 Å². The first-order chi connectivity index (χ1) is 8.86. The van der Waals surface area contributed by atoms with Gasteiger partial charge >= 0.3 is 0 Å². The molecule has 4 nitrogen and oxygen atoms in total. The largest absolute Gasteiger partial charge is 0.333 e. The van der Waals surface area contributed by atoms with Crippen molar-refractivity contribution in [3.8, 4) is 0 Å². The maximum atomic E-state index is 4.44. The molecule has 2 rings (SSSR count). The lowest BCUT2D eigenvalue weighted by molar-refractivity contribution is 0.542. The van der Waals surface area contributed by atoms with E-state index in [0.717, 1.165) is 30.9 Å². The molecule has 2 heterocycles. The molecule has 0 saturated carbocycles. The Labute approximate surface area is 112 Å². The van der Waals surface area contributed by atoms with Crippen molar-refractivity contribution < 1.29 is 0 Å². The molecule has 1 atom stereocenters. The minimum atomic E-state index is 0.166. The van der Waals surface area contributed by atoms with Gasteiger partial charge in [-0.05, 0) is 19.4 Å². The van der Waals surface area contributed by atoms with Gasteiger partial charge in [0.1, 0.15) is 11.0 Å². The molecule has 2 aromatic heterocycles. The summed E-state index contributed by atoms with van der Waals surface area (Å²) in [6, 6.07) is 0.166. The molecule has 0 aliphatic rings. The second-order valence-corrected chi connectivity index (χ2v) is 5.20. The summed E-state index contributed by atoms with van der Waals surface area (Å²) < 4.78 is 2.22. The van der Waals surface area contributed by atoms with Gasteiger partial charge in [0.05, 0.1) is 18.2 Å². The van der Waals surface area contributed by atoms with Crippen molar-refractivity contribution in [2.24, 2.45) is 0 Å². The third-order valence-electron chi connectivity index (χ3n) is 2.80. The lowest BCUT2D eigenvalue weighted by Gasteiger charge is -2.18. The van der Waals surface area contributed by atoms with Crippen LogP contribution in [-0.2, 0) is 6.54 Å². The lowest BCUT2D eigenvalue weighted by atomic mass is 10.2. The zero-order valence-corrected chi connectivity index (χ0v) is 11.8. The highest BCUT2D eigenvalue weighted by atomic mass is 32.1. The quantitative estimate of drug-likeness (QED) is 0.836. The summed E-state index contributed by atoms with van der Waals surface area (Å²) in [6.45, 7) is 6.35. The number of hydrogen-bond acceptors (Lipinski definition) is 4. The van der Waals surface area contributed by atoms with E-state index in [2.05, 4.69) is 33.7 Å². The topological polar surface area (TPSA) is 42.7 Å². The van der Waals surface area contributed by atoms with Crippen LogP contribution >= 0.6 is 11.3 Å². The van der Waals surface area contributed by atoms with Gasteiger partial charge in [0.2, 0.25) is 0 Å². The summed E-state index contributed by atoms with van der Waals surface area (Å²) >= 11 is 1.69. The fourth-order valence-corrected chi connectivity index (χ4v) is 2.71. The first-order valence-corrected chi connectivity index (χ1v) is 7.37. The molecule has 1 N–H and O–H groups in total. The lowest BCUT2D eigenvalue weighted by Crippen LogP contribution is -2.25. The number of nitrogens with zero attached hydrogens (tertiary/aromatic N) is 3. The minimum Gasteiger partial charge on any atom is -0.333 e. The van der Waals surface area contributed by atoms with E-state index in [4.69, 9.17) is 0 Å². The summed E-state index contributed by atoms with van der Waals surface area (Å²) in [7, 11) is 0. The number of aryl methyl sites for hydroxylation is 1. The molecule has 2 aromatic rings. The Morgan fingerprint density at radius 3 is 2.94 bits per heavy atom. The van der Waals surface area contributed by atoms with Crippen molar-refractivity contribution >= 4 is 11.3 Å². The van der Waals surface area contributed by atoms with Crippen molar-refractivity contribution in [2.45, 2.75) is 39.3 Å². The van der Waals surface area contributed by atoms with E-state index in [1.807, 2.05) is 24.1 Å². The average molecular weight is 264 g/mol. The molecule has 98 valence electrons. The molecule has 0 bridgehead atoms. The number of thiazole rings is 1. The van der Waals surface area contributed by atoms with Gasteiger partial charge in [-0.25, -0.2) is 9.97 Å². The van der Waals surface area contributed by atoms with Crippen molar-refractivity contribution in [1.82, 2.24) is 19.9 Å². The Hall–Kier alpha value is -1.20. The van der Waals surface area contributed by atoms with Gasteiger partial charge in [-0.15, -0.1) is 11.3 Å². The van der Waals surface area contributed by atoms with Crippen molar-refractivity contribution in [1.29, 1.82) is 0 Å². The molecule has 0 amide bonds. The van der Waals surface area contributed by atoms with Crippen LogP contribution in [0.15, 0.2) is 24.1 Å². The zero-order valence-electron chi connectivity index (χ0n) is 11.0. The first kappa shape index (κ1) is 13.2. The fraction of sp³-hybridized carbons (Fsp3) is 0.538. The van der Waals surface area contributed by atoms with Crippen LogP contribution in [0.2, 0.25) is 0 Å². The normalized spacial score (nSPS) is 12.8. The van der Waals surface area contributed by atoms with Crippen LogP contribution in [-0.4, -0.2) is 21.1 Å². The van der Waals surface area contributed by atoms with Crippen LogP contribution in [0.1, 0.15) is 43.4 Å². The van der Waals surface area contributed by atoms with Gasteiger partial charge in [-0.3, -0.25) is 0 Å². The smallest absolute Gasteiger partial charge is 0.116 e. The second-order valence-electron chi connectivity index (χ2n) is 4.27. The number of imidazole rings is 1. The maximum Gasteiger partial charge on any atom is 0.116 e. The van der Waals surface area contributed by atoms with Crippen molar-refractivity contribution in [3.63, 3.8) is 0 Å². The molecule has 0 aromatic carbocycles. The van der Waals surface area contributed by atoms with Crippen LogP contribution < -0.4 is 5.32 Å². The highest BCUT2D eigenvalue weighted by molar-refractivity contribution is 7.09. The van der Waals surface area contributed by atoms with Gasteiger partial charge in [0.15, 0.2) is 0 Å². The maximum absolute atomic E-state index is 4.44. The van der Waals surface area contributed by atoms with E-state index in [0.29, 0.717) is 0 Å². The molecule has 0 spiro atoms. The molecule has 0 aliphatic carbocycles. The summed E-state index contributed by atoms with van der Waals surface area (Å²) in [4.78, 5) is 8.72. The molecule has 0 radical (unpaired) electrons. The van der Waals surface area contributed by atoms with Gasteiger partial charge in [-0.1, -0.05) is 13.8 Å². The Morgan fingerprint density at radius 1 is 1.39 bits per heavy atom. The van der Waals surface area contributed by atoms with Gasteiger partial charge in [0.25, 0.3) is 0 Å². The van der Waals surface area contributed by atoms with Gasteiger partial charge < -0.3 is 9.88 Å². The molecular formula is C13H20N4S. The molecular weight excluding hydrogens is 244 g/mol. The standard InChI is InChI=1S/C13H20N4S/c1-3-5-15-12(13-16-6-8-18-13)11-9-14-10-17(11)7-4-2/h6,8-10,12,15H,3-5,7H2,1-2H3. The Kier molecular flexibility index (Phi) is 4.90. The molecule has 5 heteroatoms. The fourth-order valence-electron chi connectivity index (χ4n) is 1.98. The number of nitrogens with one attached hydrogen (secondary N) is 1. The summed E-state index contributed by atoms with van der Waals surface area (Å²) in [5.41, 5.74) is 1.21. The van der Waals surface area contributed by atoms with E-state index in [1.165, 1.54) is 5.69 Å². The highest BCUT2D eigenvalue weighted by Gasteiger charge is 2.19. The van der Waals surface area contributed by atoms with E-state index in [9.17, 15) is 0 Å². The highest BCUT2D eigenvalue weighted by Crippen LogP contribution is 2.23. The zero-order chi connectivity index (χ0) is 12.8. The number of rotatable bonds is 7. The SMILES string of the molecule is CCCNC(c1nccs1)c1cncn1CCC. The Balaban J connectivity index is 2.24. The van der Waals surface area contributed by atoms with E-state index in [-0.39, 0.29) is 6.04 Å². The molecule has 0 fully saturated rings. The summed E-state index contributed by atoms with van der Waals surface area (Å²) in [5, 5.41) is 6.70. The summed E-state index contributed by atoms with van der Waals surface area (Å²) in [6.07, 6.45) is 7.95. The third-order valence-corrected chi connectivity index (χ3v) is 3.64. The van der Waals surface area contributed by atoms with Crippen LogP contribution in [0.4, 0.5) is 0 Å². The molecule has 0 saturated heterocycles. The molecule has 18 heavy (non-hydrogen) atoms. The van der Waals surface area contributed by atoms with E-state index >= 15 is 0 Å². The average Bonchev–Trinajstić information content (AvgIpc) is 3.02. The Morgan fingerprint density at radius 2 is 2.28 bits per heavy atom. The van der Waals surface area contributed by atoms with Crippen molar-refractivity contribution in [3.05, 3.63) is 34.8 Å². The summed E-state index contributed by atoms with van der Waals surface area (Å²) in [5.74, 6) is 0. The van der Waals surface area contributed by atoms with Gasteiger partial charge in [0, 0.05) is 18.1 Å². The van der Waals surface area contributed by atoms with Crippen LogP contribution in [0.5, 0.6) is 0 Å². The van der Waals surface area contributed by atoms with Crippen LogP contribution in [0, 0.1) is 0 Å². The minimum absolute atomic E-state index is 0.166. The van der Waals surface area contributed by atoms with Crippen LogP contribution in [0.25, 0.3) is 0 Å². The van der Waals surface area contributed by atoms with E-state index in [1.54, 1.807) is 11.3 Å². The molecule has 0 aliphatic heterocycles.